The fourth-order valence-electron chi connectivity index (χ4n) is 3.41. The van der Waals surface area contributed by atoms with Crippen molar-refractivity contribution in [3.63, 3.8) is 0 Å². The number of hydrogen-bond acceptors (Lipinski definition) is 2. The van der Waals surface area contributed by atoms with Crippen LogP contribution >= 0.6 is 0 Å². The van der Waals surface area contributed by atoms with E-state index >= 15 is 0 Å². The van der Waals surface area contributed by atoms with Crippen LogP contribution in [0.25, 0.3) is 0 Å². The van der Waals surface area contributed by atoms with Gasteiger partial charge in [-0.2, -0.15) is 0 Å². The van der Waals surface area contributed by atoms with Gasteiger partial charge in [0.25, 0.3) is 0 Å². The molecule has 16 heavy (non-hydrogen) atoms. The Hall–Kier alpha value is -0.770. The zero-order valence-corrected chi connectivity index (χ0v) is 10.3. The molecule has 2 saturated carbocycles. The highest BCUT2D eigenvalue weighted by Crippen LogP contribution is 2.63. The Morgan fingerprint density at radius 2 is 2.06 bits per heavy atom. The topological polar surface area (TPSA) is 56.7 Å². The van der Waals surface area contributed by atoms with Gasteiger partial charge >= 0.3 is 0 Å². The fourth-order valence-corrected chi connectivity index (χ4v) is 3.41. The van der Waals surface area contributed by atoms with Gasteiger partial charge in [-0.05, 0) is 31.1 Å². The number of aliphatic hydroxyl groups is 1. The van der Waals surface area contributed by atoms with Crippen molar-refractivity contribution in [2.45, 2.75) is 32.1 Å². The predicted molar refractivity (Wildman–Crippen MR) is 65.5 cm³/mol. The van der Waals surface area contributed by atoms with E-state index in [1.54, 1.807) is 7.05 Å². The molecule has 1 spiro atoms. The maximum Gasteiger partial charge on any atom is 0.190 e. The van der Waals surface area contributed by atoms with E-state index in [-0.39, 0.29) is 5.41 Å². The molecule has 0 aromatic heterocycles. The molecule has 2 aliphatic rings. The van der Waals surface area contributed by atoms with E-state index in [4.69, 9.17) is 0 Å². The molecule has 0 atom stereocenters. The van der Waals surface area contributed by atoms with Crippen molar-refractivity contribution in [2.75, 3.05) is 27.2 Å². The van der Waals surface area contributed by atoms with Crippen LogP contribution in [0.5, 0.6) is 0 Å². The monoisotopic (exact) mass is 225 g/mol. The second kappa shape index (κ2) is 4.24. The summed E-state index contributed by atoms with van der Waals surface area (Å²) in [5.41, 5.74) is 0.709. The fraction of sp³-hybridized carbons (Fsp3) is 0.917. The minimum atomic E-state index is 0.104. The highest BCUT2D eigenvalue weighted by Gasteiger charge is 2.56. The Morgan fingerprint density at radius 1 is 1.38 bits per heavy atom. The average molecular weight is 225 g/mol. The maximum absolute atomic E-state index is 9.55. The van der Waals surface area contributed by atoms with Crippen molar-refractivity contribution in [2.24, 2.45) is 15.8 Å². The molecule has 0 amide bonds. The SMILES string of the molecule is CN=C(NC)NCC1(CO)CC2(CCC2)C1. The molecule has 3 N–H and O–H groups in total. The molecule has 0 heterocycles. The molecule has 4 heteroatoms. The van der Waals surface area contributed by atoms with E-state index in [0.717, 1.165) is 12.5 Å². The van der Waals surface area contributed by atoms with Gasteiger partial charge in [0, 0.05) is 26.1 Å². The standard InChI is InChI=1S/C12H23N3O/c1-13-10(14-2)15-8-12(9-16)6-11(7-12)4-3-5-11/h16H,3-9H2,1-2H3,(H2,13,14,15). The molecule has 4 nitrogen and oxygen atoms in total. The maximum atomic E-state index is 9.55. The summed E-state index contributed by atoms with van der Waals surface area (Å²) in [6.07, 6.45) is 6.49. The van der Waals surface area contributed by atoms with E-state index < -0.39 is 0 Å². The highest BCUT2D eigenvalue weighted by molar-refractivity contribution is 5.79. The summed E-state index contributed by atoms with van der Waals surface area (Å²) < 4.78 is 0. The number of nitrogens with zero attached hydrogens (tertiary/aromatic N) is 1. The van der Waals surface area contributed by atoms with Gasteiger partial charge in [0.15, 0.2) is 5.96 Å². The normalized spacial score (nSPS) is 25.8. The molecule has 2 fully saturated rings. The van der Waals surface area contributed by atoms with Gasteiger partial charge in [0.05, 0.1) is 6.61 Å². The number of rotatable bonds is 3. The number of nitrogens with one attached hydrogen (secondary N) is 2. The smallest absolute Gasteiger partial charge is 0.190 e. The molecule has 2 aliphatic carbocycles. The molecular formula is C12H23N3O. The van der Waals surface area contributed by atoms with Crippen LogP contribution in [0.15, 0.2) is 4.99 Å². The van der Waals surface area contributed by atoms with Crippen molar-refractivity contribution < 1.29 is 5.11 Å². The number of aliphatic imine (C=N–C) groups is 1. The minimum absolute atomic E-state index is 0.104. The molecule has 0 bridgehead atoms. The summed E-state index contributed by atoms with van der Waals surface area (Å²) in [6.45, 7) is 1.13. The van der Waals surface area contributed by atoms with E-state index in [1.165, 1.54) is 32.1 Å². The molecule has 0 aromatic carbocycles. The lowest BCUT2D eigenvalue weighted by atomic mass is 9.45. The third-order valence-electron chi connectivity index (χ3n) is 4.34. The summed E-state index contributed by atoms with van der Waals surface area (Å²) in [4.78, 5) is 4.09. The predicted octanol–water partition coefficient (Wildman–Crippen LogP) is 0.724. The first-order valence-corrected chi connectivity index (χ1v) is 6.17. The molecule has 0 radical (unpaired) electrons. The van der Waals surface area contributed by atoms with Crippen LogP contribution in [-0.2, 0) is 0 Å². The largest absolute Gasteiger partial charge is 0.396 e. The Labute approximate surface area is 97.5 Å². The lowest BCUT2D eigenvalue weighted by Gasteiger charge is -2.60. The van der Waals surface area contributed by atoms with Gasteiger partial charge in [-0.3, -0.25) is 4.99 Å². The summed E-state index contributed by atoms with van der Waals surface area (Å²) in [5.74, 6) is 0.808. The lowest BCUT2D eigenvalue weighted by Crippen LogP contribution is -2.57. The third-order valence-corrected chi connectivity index (χ3v) is 4.34. The summed E-state index contributed by atoms with van der Waals surface area (Å²) in [6, 6.07) is 0. The number of aliphatic hydroxyl groups excluding tert-OH is 1. The number of hydrogen-bond donors (Lipinski definition) is 3. The molecule has 2 rings (SSSR count). The minimum Gasteiger partial charge on any atom is -0.396 e. The van der Waals surface area contributed by atoms with Crippen LogP contribution in [-0.4, -0.2) is 38.3 Å². The molecule has 0 aromatic rings. The van der Waals surface area contributed by atoms with Crippen LogP contribution < -0.4 is 10.6 Å². The average Bonchev–Trinajstić information content (AvgIpc) is 2.20. The van der Waals surface area contributed by atoms with Crippen molar-refractivity contribution in [1.29, 1.82) is 0 Å². The van der Waals surface area contributed by atoms with Crippen molar-refractivity contribution in [3.8, 4) is 0 Å². The van der Waals surface area contributed by atoms with Gasteiger partial charge in [0.1, 0.15) is 0 Å². The van der Waals surface area contributed by atoms with Gasteiger partial charge < -0.3 is 15.7 Å². The zero-order chi connectivity index (χ0) is 11.6. The zero-order valence-electron chi connectivity index (χ0n) is 10.3. The number of guanidine groups is 1. The third kappa shape index (κ3) is 1.90. The Kier molecular flexibility index (Phi) is 3.10. The molecule has 0 saturated heterocycles. The van der Waals surface area contributed by atoms with Gasteiger partial charge in [-0.1, -0.05) is 6.42 Å². The first kappa shape index (κ1) is 11.7. The first-order valence-electron chi connectivity index (χ1n) is 6.17. The van der Waals surface area contributed by atoms with E-state index in [2.05, 4.69) is 15.6 Å². The van der Waals surface area contributed by atoms with Crippen LogP contribution in [0.4, 0.5) is 0 Å². The van der Waals surface area contributed by atoms with Gasteiger partial charge in [0.2, 0.25) is 0 Å². The quantitative estimate of drug-likeness (QED) is 0.490. The lowest BCUT2D eigenvalue weighted by molar-refractivity contribution is -0.117. The first-order chi connectivity index (χ1) is 7.67. The van der Waals surface area contributed by atoms with E-state index in [9.17, 15) is 5.11 Å². The van der Waals surface area contributed by atoms with Crippen molar-refractivity contribution in [1.82, 2.24) is 10.6 Å². The molecule has 92 valence electrons. The highest BCUT2D eigenvalue weighted by atomic mass is 16.3. The summed E-state index contributed by atoms with van der Waals surface area (Å²) >= 11 is 0. The van der Waals surface area contributed by atoms with Crippen LogP contribution in [0, 0.1) is 10.8 Å². The van der Waals surface area contributed by atoms with Crippen LogP contribution in [0.3, 0.4) is 0 Å². The van der Waals surface area contributed by atoms with Crippen molar-refractivity contribution in [3.05, 3.63) is 0 Å². The summed E-state index contributed by atoms with van der Waals surface area (Å²) in [7, 11) is 3.62. The molecular weight excluding hydrogens is 202 g/mol. The molecule has 0 unspecified atom stereocenters. The second-order valence-electron chi connectivity index (χ2n) is 5.54. The Bertz CT molecular complexity index is 276. The van der Waals surface area contributed by atoms with Crippen molar-refractivity contribution >= 4 is 5.96 Å². The second-order valence-corrected chi connectivity index (χ2v) is 5.54. The van der Waals surface area contributed by atoms with Gasteiger partial charge in [-0.15, -0.1) is 0 Å². The van der Waals surface area contributed by atoms with Crippen LogP contribution in [0.2, 0.25) is 0 Å². The van der Waals surface area contributed by atoms with E-state index in [0.29, 0.717) is 12.0 Å². The van der Waals surface area contributed by atoms with Crippen LogP contribution in [0.1, 0.15) is 32.1 Å². The Balaban J connectivity index is 1.83. The van der Waals surface area contributed by atoms with Gasteiger partial charge in [-0.25, -0.2) is 0 Å². The Morgan fingerprint density at radius 3 is 2.44 bits per heavy atom. The van der Waals surface area contributed by atoms with E-state index in [1.807, 2.05) is 7.05 Å². The summed E-state index contributed by atoms with van der Waals surface area (Å²) in [5, 5.41) is 15.8. The molecule has 0 aliphatic heterocycles.